The van der Waals surface area contributed by atoms with Gasteiger partial charge in [0.25, 0.3) is 0 Å². The standard InChI is InChI=1S/C15H22O/c1-3-5-6-7-15(12-16)14-10-8-13(4-2)9-11-14/h4,8-11,15-16H,2-3,5-7,12H2,1H3. The molecule has 0 amide bonds. The second-order valence-corrected chi connectivity index (χ2v) is 4.25. The van der Waals surface area contributed by atoms with Gasteiger partial charge in [0.1, 0.15) is 0 Å². The first-order valence-corrected chi connectivity index (χ1v) is 6.15. The van der Waals surface area contributed by atoms with Crippen LogP contribution >= 0.6 is 0 Å². The van der Waals surface area contributed by atoms with Crippen molar-refractivity contribution in [3.8, 4) is 0 Å². The van der Waals surface area contributed by atoms with Gasteiger partial charge >= 0.3 is 0 Å². The van der Waals surface area contributed by atoms with Gasteiger partial charge in [-0.3, -0.25) is 0 Å². The largest absolute Gasteiger partial charge is 0.396 e. The molecule has 0 aliphatic rings. The van der Waals surface area contributed by atoms with E-state index in [1.807, 2.05) is 6.08 Å². The molecule has 1 atom stereocenters. The van der Waals surface area contributed by atoms with Crippen LogP contribution in [0.3, 0.4) is 0 Å². The molecule has 0 aromatic heterocycles. The molecule has 1 aromatic carbocycles. The minimum atomic E-state index is 0.247. The molecule has 0 saturated carbocycles. The minimum absolute atomic E-state index is 0.247. The molecule has 88 valence electrons. The lowest BCUT2D eigenvalue weighted by molar-refractivity contribution is 0.256. The molecular formula is C15H22O. The summed E-state index contributed by atoms with van der Waals surface area (Å²) >= 11 is 0. The third-order valence-corrected chi connectivity index (χ3v) is 3.02. The van der Waals surface area contributed by atoms with E-state index < -0.39 is 0 Å². The quantitative estimate of drug-likeness (QED) is 0.686. The van der Waals surface area contributed by atoms with Crippen LogP contribution in [-0.2, 0) is 0 Å². The van der Waals surface area contributed by atoms with E-state index in [0.717, 1.165) is 12.0 Å². The Morgan fingerprint density at radius 2 is 1.94 bits per heavy atom. The molecule has 0 spiro atoms. The normalized spacial score (nSPS) is 12.4. The second-order valence-electron chi connectivity index (χ2n) is 4.25. The molecule has 0 fully saturated rings. The molecule has 1 N–H and O–H groups in total. The Kier molecular flexibility index (Phi) is 5.87. The number of hydrogen-bond donors (Lipinski definition) is 1. The van der Waals surface area contributed by atoms with Gasteiger partial charge in [0.15, 0.2) is 0 Å². The van der Waals surface area contributed by atoms with Crippen molar-refractivity contribution < 1.29 is 5.11 Å². The van der Waals surface area contributed by atoms with Crippen molar-refractivity contribution in [2.45, 2.75) is 38.5 Å². The van der Waals surface area contributed by atoms with Gasteiger partial charge in [0.05, 0.1) is 0 Å². The van der Waals surface area contributed by atoms with Crippen LogP contribution in [0.1, 0.15) is 49.7 Å². The number of hydrogen-bond acceptors (Lipinski definition) is 1. The zero-order valence-corrected chi connectivity index (χ0v) is 10.2. The molecule has 0 saturated heterocycles. The Hall–Kier alpha value is -1.08. The predicted molar refractivity (Wildman–Crippen MR) is 70.5 cm³/mol. The van der Waals surface area contributed by atoms with Gasteiger partial charge in [0, 0.05) is 12.5 Å². The highest BCUT2D eigenvalue weighted by molar-refractivity contribution is 5.47. The third kappa shape index (κ3) is 3.82. The maximum Gasteiger partial charge on any atom is 0.0499 e. The van der Waals surface area contributed by atoms with E-state index in [1.54, 1.807) is 0 Å². The lowest BCUT2D eigenvalue weighted by atomic mass is 9.93. The maximum absolute atomic E-state index is 9.39. The molecule has 1 aromatic rings. The molecular weight excluding hydrogens is 196 g/mol. The molecule has 1 heteroatoms. The molecule has 0 heterocycles. The van der Waals surface area contributed by atoms with Crippen molar-refractivity contribution in [1.82, 2.24) is 0 Å². The second kappa shape index (κ2) is 7.24. The van der Waals surface area contributed by atoms with Crippen LogP contribution in [-0.4, -0.2) is 11.7 Å². The molecule has 1 unspecified atom stereocenters. The van der Waals surface area contributed by atoms with Crippen LogP contribution in [0.2, 0.25) is 0 Å². The fourth-order valence-corrected chi connectivity index (χ4v) is 1.91. The topological polar surface area (TPSA) is 20.2 Å². The minimum Gasteiger partial charge on any atom is -0.396 e. The van der Waals surface area contributed by atoms with Crippen LogP contribution in [0.5, 0.6) is 0 Å². The Morgan fingerprint density at radius 1 is 1.25 bits per heavy atom. The van der Waals surface area contributed by atoms with Gasteiger partial charge < -0.3 is 5.11 Å². The van der Waals surface area contributed by atoms with Gasteiger partial charge in [-0.1, -0.05) is 63.1 Å². The Labute approximate surface area is 98.8 Å². The van der Waals surface area contributed by atoms with Crippen LogP contribution in [0.25, 0.3) is 6.08 Å². The van der Waals surface area contributed by atoms with Gasteiger partial charge in [-0.2, -0.15) is 0 Å². The lowest BCUT2D eigenvalue weighted by Gasteiger charge is -2.14. The number of rotatable bonds is 7. The summed E-state index contributed by atoms with van der Waals surface area (Å²) in [5.74, 6) is 0.297. The van der Waals surface area contributed by atoms with E-state index in [9.17, 15) is 5.11 Å². The molecule has 1 nitrogen and oxygen atoms in total. The summed E-state index contributed by atoms with van der Waals surface area (Å²) in [6.45, 7) is 6.19. The molecule has 0 bridgehead atoms. The fourth-order valence-electron chi connectivity index (χ4n) is 1.91. The summed E-state index contributed by atoms with van der Waals surface area (Å²) < 4.78 is 0. The fraction of sp³-hybridized carbons (Fsp3) is 0.467. The van der Waals surface area contributed by atoms with Crippen molar-refractivity contribution >= 4 is 6.08 Å². The smallest absolute Gasteiger partial charge is 0.0499 e. The Bertz CT molecular complexity index is 300. The van der Waals surface area contributed by atoms with Crippen LogP contribution in [0.4, 0.5) is 0 Å². The van der Waals surface area contributed by atoms with Gasteiger partial charge in [0.2, 0.25) is 0 Å². The van der Waals surface area contributed by atoms with Crippen LogP contribution in [0, 0.1) is 0 Å². The van der Waals surface area contributed by atoms with Crippen molar-refractivity contribution in [2.24, 2.45) is 0 Å². The number of aliphatic hydroxyl groups is 1. The molecule has 0 aliphatic carbocycles. The first kappa shape index (κ1) is 13.0. The van der Waals surface area contributed by atoms with Crippen LogP contribution < -0.4 is 0 Å². The third-order valence-electron chi connectivity index (χ3n) is 3.02. The average molecular weight is 218 g/mol. The number of aliphatic hydroxyl groups excluding tert-OH is 1. The van der Waals surface area contributed by atoms with E-state index in [-0.39, 0.29) is 6.61 Å². The van der Waals surface area contributed by atoms with Gasteiger partial charge in [-0.05, 0) is 17.5 Å². The average Bonchev–Trinajstić information content (AvgIpc) is 2.35. The number of unbranched alkanes of at least 4 members (excludes halogenated alkanes) is 2. The van der Waals surface area contributed by atoms with E-state index in [2.05, 4.69) is 37.8 Å². The lowest BCUT2D eigenvalue weighted by Crippen LogP contribution is -2.04. The van der Waals surface area contributed by atoms with Crippen LogP contribution in [0.15, 0.2) is 30.8 Å². The van der Waals surface area contributed by atoms with Crippen molar-refractivity contribution in [2.75, 3.05) is 6.61 Å². The summed E-state index contributed by atoms with van der Waals surface area (Å²) in [7, 11) is 0. The zero-order chi connectivity index (χ0) is 11.8. The first-order chi connectivity index (χ1) is 7.81. The molecule has 1 rings (SSSR count). The summed E-state index contributed by atoms with van der Waals surface area (Å²) in [6, 6.07) is 8.32. The Balaban J connectivity index is 2.59. The summed E-state index contributed by atoms with van der Waals surface area (Å²) in [4.78, 5) is 0. The SMILES string of the molecule is C=Cc1ccc(C(CO)CCCCC)cc1. The summed E-state index contributed by atoms with van der Waals surface area (Å²) in [5.41, 5.74) is 2.37. The monoisotopic (exact) mass is 218 g/mol. The number of benzene rings is 1. The van der Waals surface area contributed by atoms with E-state index in [1.165, 1.54) is 24.8 Å². The predicted octanol–water partition coefficient (Wildman–Crippen LogP) is 3.99. The molecule has 16 heavy (non-hydrogen) atoms. The van der Waals surface area contributed by atoms with Gasteiger partial charge in [-0.25, -0.2) is 0 Å². The van der Waals surface area contributed by atoms with Gasteiger partial charge in [-0.15, -0.1) is 0 Å². The zero-order valence-electron chi connectivity index (χ0n) is 10.2. The highest BCUT2D eigenvalue weighted by Gasteiger charge is 2.09. The molecule has 0 radical (unpaired) electrons. The van der Waals surface area contributed by atoms with Crippen molar-refractivity contribution in [3.05, 3.63) is 42.0 Å². The summed E-state index contributed by atoms with van der Waals surface area (Å²) in [6.07, 6.45) is 6.60. The van der Waals surface area contributed by atoms with E-state index in [0.29, 0.717) is 5.92 Å². The summed E-state index contributed by atoms with van der Waals surface area (Å²) in [5, 5.41) is 9.39. The maximum atomic E-state index is 9.39. The Morgan fingerprint density at radius 3 is 2.44 bits per heavy atom. The molecule has 0 aliphatic heterocycles. The highest BCUT2D eigenvalue weighted by atomic mass is 16.3. The first-order valence-electron chi connectivity index (χ1n) is 6.15. The van der Waals surface area contributed by atoms with Crippen molar-refractivity contribution in [3.63, 3.8) is 0 Å². The van der Waals surface area contributed by atoms with E-state index in [4.69, 9.17) is 0 Å². The van der Waals surface area contributed by atoms with Crippen molar-refractivity contribution in [1.29, 1.82) is 0 Å². The highest BCUT2D eigenvalue weighted by Crippen LogP contribution is 2.22. The van der Waals surface area contributed by atoms with E-state index >= 15 is 0 Å².